The Bertz CT molecular complexity index is 1150. The normalized spacial score (nSPS) is 18.4. The van der Waals surface area contributed by atoms with E-state index in [2.05, 4.69) is 0 Å². The zero-order valence-corrected chi connectivity index (χ0v) is 19.2. The molecule has 0 aliphatic carbocycles. The highest BCUT2D eigenvalue weighted by Gasteiger charge is 2.22. The Hall–Kier alpha value is -3.09. The van der Waals surface area contributed by atoms with Crippen molar-refractivity contribution in [2.45, 2.75) is 33.0 Å². The molecule has 1 aliphatic heterocycles. The highest BCUT2D eigenvalue weighted by atomic mass is 19.2. The van der Waals surface area contributed by atoms with E-state index in [0.29, 0.717) is 41.4 Å². The van der Waals surface area contributed by atoms with Crippen molar-refractivity contribution in [3.8, 4) is 28.0 Å². The maximum Gasteiger partial charge on any atom is 0.201 e. The smallest absolute Gasteiger partial charge is 0.201 e. The Morgan fingerprint density at radius 2 is 1.53 bits per heavy atom. The molecule has 1 heterocycles. The molecule has 4 rings (SSSR count). The maximum absolute atomic E-state index is 14.9. The van der Waals surface area contributed by atoms with E-state index in [1.165, 1.54) is 24.5 Å². The first-order valence-corrected chi connectivity index (χ1v) is 11.4. The predicted molar refractivity (Wildman–Crippen MR) is 126 cm³/mol. The molecule has 0 aromatic heterocycles. The van der Waals surface area contributed by atoms with E-state index in [1.54, 1.807) is 42.5 Å². The Labute approximate surface area is 197 Å². The van der Waals surface area contributed by atoms with Crippen molar-refractivity contribution in [1.29, 1.82) is 0 Å². The van der Waals surface area contributed by atoms with Gasteiger partial charge < -0.3 is 14.2 Å². The van der Waals surface area contributed by atoms with Crippen LogP contribution < -0.4 is 4.74 Å². The molecule has 1 aliphatic rings. The van der Waals surface area contributed by atoms with Gasteiger partial charge in [0.2, 0.25) is 5.82 Å². The standard InChI is InChI=1S/C28H27F3O3/c1-3-4-5-14-32-25-13-12-23(26(30)27(25)31)20-8-6-19(7-9-20)22-11-10-21(15-24(22)29)28-33-16-18(2)17-34-28/h5-15,18,28H,3-4,16-17H2,1-2H3/b14-5-. The molecule has 3 aromatic rings. The monoisotopic (exact) mass is 468 g/mol. The van der Waals surface area contributed by atoms with E-state index in [-0.39, 0.29) is 11.3 Å². The van der Waals surface area contributed by atoms with Gasteiger partial charge >= 0.3 is 0 Å². The quantitative estimate of drug-likeness (QED) is 0.331. The average Bonchev–Trinajstić information content (AvgIpc) is 2.85. The summed E-state index contributed by atoms with van der Waals surface area (Å²) in [5.74, 6) is -2.32. The second-order valence-electron chi connectivity index (χ2n) is 8.44. The van der Waals surface area contributed by atoms with E-state index < -0.39 is 23.7 Å². The maximum atomic E-state index is 14.9. The molecule has 0 saturated carbocycles. The molecule has 1 fully saturated rings. The minimum absolute atomic E-state index is 0.102. The lowest BCUT2D eigenvalue weighted by Gasteiger charge is -2.27. The fourth-order valence-corrected chi connectivity index (χ4v) is 3.74. The van der Waals surface area contributed by atoms with Crippen LogP contribution in [0.4, 0.5) is 13.2 Å². The molecule has 3 nitrogen and oxygen atoms in total. The van der Waals surface area contributed by atoms with Crippen LogP contribution in [0.5, 0.6) is 5.75 Å². The first-order valence-electron chi connectivity index (χ1n) is 11.4. The fraction of sp³-hybridized carbons (Fsp3) is 0.286. The third-order valence-electron chi connectivity index (χ3n) is 5.63. The van der Waals surface area contributed by atoms with Crippen LogP contribution in [0.3, 0.4) is 0 Å². The minimum Gasteiger partial charge on any atom is -0.462 e. The number of rotatable bonds is 7. The van der Waals surface area contributed by atoms with Crippen LogP contribution in [-0.4, -0.2) is 13.2 Å². The van der Waals surface area contributed by atoms with Crippen LogP contribution in [0.1, 0.15) is 38.5 Å². The average molecular weight is 469 g/mol. The zero-order chi connectivity index (χ0) is 24.1. The number of hydrogen-bond acceptors (Lipinski definition) is 3. The minimum atomic E-state index is -1.05. The van der Waals surface area contributed by atoms with Crippen molar-refractivity contribution in [3.63, 3.8) is 0 Å². The van der Waals surface area contributed by atoms with Gasteiger partial charge in [-0.2, -0.15) is 4.39 Å². The van der Waals surface area contributed by atoms with Crippen LogP contribution >= 0.6 is 0 Å². The summed E-state index contributed by atoms with van der Waals surface area (Å²) in [5.41, 5.74) is 2.21. The molecule has 0 N–H and O–H groups in total. The number of benzene rings is 3. The van der Waals surface area contributed by atoms with Gasteiger partial charge in [0.05, 0.1) is 19.5 Å². The summed E-state index contributed by atoms with van der Waals surface area (Å²) in [7, 11) is 0. The number of unbranched alkanes of at least 4 members (excludes halogenated alkanes) is 1. The molecule has 0 atom stereocenters. The van der Waals surface area contributed by atoms with Crippen LogP contribution in [0.15, 0.2) is 66.9 Å². The number of hydrogen-bond donors (Lipinski definition) is 0. The molecule has 0 unspecified atom stereocenters. The van der Waals surface area contributed by atoms with Crippen molar-refractivity contribution < 1.29 is 27.4 Å². The van der Waals surface area contributed by atoms with Gasteiger partial charge in [-0.3, -0.25) is 0 Å². The summed E-state index contributed by atoms with van der Waals surface area (Å²) in [4.78, 5) is 0. The summed E-state index contributed by atoms with van der Waals surface area (Å²) in [5, 5.41) is 0. The molecule has 3 aromatic carbocycles. The van der Waals surface area contributed by atoms with E-state index >= 15 is 0 Å². The molecular weight excluding hydrogens is 441 g/mol. The summed E-state index contributed by atoms with van der Waals surface area (Å²) in [6, 6.07) is 14.3. The Morgan fingerprint density at radius 1 is 0.882 bits per heavy atom. The summed E-state index contributed by atoms with van der Waals surface area (Å²) < 4.78 is 60.5. The molecule has 0 spiro atoms. The number of allylic oxidation sites excluding steroid dienone is 1. The molecule has 1 saturated heterocycles. The first kappa shape index (κ1) is 24.0. The molecular formula is C28H27F3O3. The third-order valence-corrected chi connectivity index (χ3v) is 5.63. The summed E-state index contributed by atoms with van der Waals surface area (Å²) in [6.45, 7) is 5.17. The highest BCUT2D eigenvalue weighted by molar-refractivity contribution is 5.71. The highest BCUT2D eigenvalue weighted by Crippen LogP contribution is 2.33. The van der Waals surface area contributed by atoms with Gasteiger partial charge in [-0.1, -0.05) is 56.7 Å². The van der Waals surface area contributed by atoms with Gasteiger partial charge in [-0.05, 0) is 41.8 Å². The fourth-order valence-electron chi connectivity index (χ4n) is 3.74. The molecule has 0 radical (unpaired) electrons. The van der Waals surface area contributed by atoms with Gasteiger partial charge in [0.25, 0.3) is 0 Å². The zero-order valence-electron chi connectivity index (χ0n) is 19.2. The predicted octanol–water partition coefficient (Wildman–Crippen LogP) is 7.81. The summed E-state index contributed by atoms with van der Waals surface area (Å²) in [6.07, 6.45) is 4.27. The van der Waals surface area contributed by atoms with Gasteiger partial charge in [-0.25, -0.2) is 8.78 Å². The Kier molecular flexibility index (Phi) is 7.70. The van der Waals surface area contributed by atoms with Gasteiger partial charge in [-0.15, -0.1) is 0 Å². The summed E-state index contributed by atoms with van der Waals surface area (Å²) >= 11 is 0. The van der Waals surface area contributed by atoms with E-state index in [1.807, 2.05) is 13.8 Å². The Balaban J connectivity index is 1.51. The van der Waals surface area contributed by atoms with Crippen LogP contribution in [0.25, 0.3) is 22.3 Å². The number of ether oxygens (including phenoxy) is 3. The van der Waals surface area contributed by atoms with Crippen molar-refractivity contribution in [1.82, 2.24) is 0 Å². The van der Waals surface area contributed by atoms with Crippen molar-refractivity contribution in [3.05, 3.63) is 90.0 Å². The largest absolute Gasteiger partial charge is 0.462 e. The lowest BCUT2D eigenvalue weighted by atomic mass is 9.98. The van der Waals surface area contributed by atoms with E-state index in [9.17, 15) is 13.2 Å². The second-order valence-corrected chi connectivity index (χ2v) is 8.44. The van der Waals surface area contributed by atoms with Crippen molar-refractivity contribution in [2.24, 2.45) is 5.92 Å². The van der Waals surface area contributed by atoms with Gasteiger partial charge in [0, 0.05) is 22.6 Å². The molecule has 0 amide bonds. The number of halogens is 3. The van der Waals surface area contributed by atoms with Crippen LogP contribution in [0, 0.1) is 23.4 Å². The molecule has 178 valence electrons. The van der Waals surface area contributed by atoms with E-state index in [0.717, 1.165) is 12.8 Å². The molecule has 0 bridgehead atoms. The van der Waals surface area contributed by atoms with Crippen molar-refractivity contribution in [2.75, 3.05) is 13.2 Å². The third kappa shape index (κ3) is 5.34. The van der Waals surface area contributed by atoms with Gasteiger partial charge in [0.1, 0.15) is 5.82 Å². The van der Waals surface area contributed by atoms with Crippen LogP contribution in [-0.2, 0) is 9.47 Å². The Morgan fingerprint density at radius 3 is 2.18 bits per heavy atom. The molecule has 34 heavy (non-hydrogen) atoms. The SMILES string of the molecule is CCC/C=C\Oc1ccc(-c2ccc(-c3ccc(C4OCC(C)CO4)cc3F)cc2)c(F)c1F. The van der Waals surface area contributed by atoms with Gasteiger partial charge in [0.15, 0.2) is 17.9 Å². The van der Waals surface area contributed by atoms with E-state index in [4.69, 9.17) is 14.2 Å². The second kappa shape index (κ2) is 10.9. The van der Waals surface area contributed by atoms with Crippen LogP contribution in [0.2, 0.25) is 0 Å². The molecule has 6 heteroatoms. The topological polar surface area (TPSA) is 27.7 Å². The first-order chi connectivity index (χ1) is 16.5. The lowest BCUT2D eigenvalue weighted by molar-refractivity contribution is -0.202. The van der Waals surface area contributed by atoms with Crippen molar-refractivity contribution >= 4 is 0 Å². The lowest BCUT2D eigenvalue weighted by Crippen LogP contribution is -2.25.